The lowest BCUT2D eigenvalue weighted by Gasteiger charge is -2.28. The zero-order chi connectivity index (χ0) is 27.9. The number of amides is 1. The van der Waals surface area contributed by atoms with Gasteiger partial charge < -0.3 is 14.6 Å². The Kier molecular flexibility index (Phi) is 7.84. The molecule has 0 aliphatic carbocycles. The fourth-order valence-corrected chi connectivity index (χ4v) is 4.98. The van der Waals surface area contributed by atoms with E-state index >= 15 is 0 Å². The van der Waals surface area contributed by atoms with Crippen molar-refractivity contribution in [3.8, 4) is 6.07 Å². The second kappa shape index (κ2) is 12.0. The number of hydrogen-bond donors (Lipinski definition) is 1. The fraction of sp³-hybridized carbons (Fsp3) is 0.0882. The molecule has 0 saturated carbocycles. The number of anilines is 1. The second-order valence-electron chi connectivity index (χ2n) is 9.42. The molecule has 1 aromatic heterocycles. The van der Waals surface area contributed by atoms with Gasteiger partial charge in [0, 0.05) is 40.8 Å². The van der Waals surface area contributed by atoms with Crippen LogP contribution in [0.25, 0.3) is 17.0 Å². The third-order valence-corrected chi connectivity index (χ3v) is 6.86. The van der Waals surface area contributed by atoms with Gasteiger partial charge in [-0.2, -0.15) is 5.26 Å². The minimum Gasteiger partial charge on any atom is -0.480 e. The number of carboxylic acids is 1. The molecule has 0 aliphatic rings. The summed E-state index contributed by atoms with van der Waals surface area (Å²) in [5.74, 6) is -1.54. The molecule has 196 valence electrons. The first kappa shape index (κ1) is 26.2. The quantitative estimate of drug-likeness (QED) is 0.176. The van der Waals surface area contributed by atoms with Gasteiger partial charge in [0.25, 0.3) is 5.91 Å². The summed E-state index contributed by atoms with van der Waals surface area (Å²) >= 11 is 0. The normalized spacial score (nSPS) is 11.3. The average Bonchev–Trinajstić information content (AvgIpc) is 3.33. The van der Waals surface area contributed by atoms with Crippen LogP contribution in [0.5, 0.6) is 0 Å². The minimum atomic E-state index is -0.976. The predicted octanol–water partition coefficient (Wildman–Crippen LogP) is 6.50. The highest BCUT2D eigenvalue weighted by molar-refractivity contribution is 6.12. The summed E-state index contributed by atoms with van der Waals surface area (Å²) in [4.78, 5) is 27.2. The van der Waals surface area contributed by atoms with Crippen molar-refractivity contribution in [3.63, 3.8) is 0 Å². The highest BCUT2D eigenvalue weighted by Gasteiger charge is 2.26. The van der Waals surface area contributed by atoms with E-state index in [1.807, 2.05) is 115 Å². The number of carboxylic acid groups (broad SMARTS) is 1. The van der Waals surface area contributed by atoms with E-state index in [2.05, 4.69) is 6.07 Å². The smallest absolute Gasteiger partial charge is 0.323 e. The Hall–Kier alpha value is -5.41. The highest BCUT2D eigenvalue weighted by atomic mass is 16.4. The average molecular weight is 526 g/mol. The maximum Gasteiger partial charge on any atom is 0.323 e. The summed E-state index contributed by atoms with van der Waals surface area (Å²) in [6.45, 7) is 0.0901. The zero-order valence-electron chi connectivity index (χ0n) is 21.7. The topological polar surface area (TPSA) is 86.3 Å². The molecule has 0 fully saturated rings. The van der Waals surface area contributed by atoms with Crippen LogP contribution in [0.1, 0.15) is 22.6 Å². The SMILES string of the molecule is N#CC(=Cc1cn(CC(=O)O)c2ccccc12)C(=O)N(CC(c1ccccc1)c1ccccc1)c1ccccc1. The number of carbonyl (C=O) groups is 2. The highest BCUT2D eigenvalue weighted by Crippen LogP contribution is 2.30. The Labute approximate surface area is 232 Å². The van der Waals surface area contributed by atoms with Crippen molar-refractivity contribution < 1.29 is 14.7 Å². The summed E-state index contributed by atoms with van der Waals surface area (Å²) in [5, 5.41) is 20.3. The summed E-state index contributed by atoms with van der Waals surface area (Å²) in [6.07, 6.45) is 3.23. The first-order valence-electron chi connectivity index (χ1n) is 12.9. The Bertz CT molecular complexity index is 1660. The molecule has 1 heterocycles. The molecule has 0 atom stereocenters. The minimum absolute atomic E-state index is 0.0399. The van der Waals surface area contributed by atoms with Gasteiger partial charge >= 0.3 is 5.97 Å². The molecule has 0 saturated heterocycles. The van der Waals surface area contributed by atoms with Crippen LogP contribution < -0.4 is 4.90 Å². The van der Waals surface area contributed by atoms with E-state index in [9.17, 15) is 20.0 Å². The molecule has 0 aliphatic heterocycles. The van der Waals surface area contributed by atoms with Crippen LogP contribution in [0.2, 0.25) is 0 Å². The standard InChI is InChI=1S/C34H27N3O3/c35-21-27(20-28-22-36(24-33(38)39)32-19-11-10-18-30(28)32)34(40)37(29-16-8-3-9-17-29)23-31(25-12-4-1-5-13-25)26-14-6-2-7-15-26/h1-20,22,31H,23-24H2,(H,38,39). The monoisotopic (exact) mass is 525 g/mol. The summed E-state index contributed by atoms with van der Waals surface area (Å²) in [5.41, 5.74) is 4.08. The maximum absolute atomic E-state index is 14.1. The Balaban J connectivity index is 1.58. The number of fused-ring (bicyclic) bond motifs is 1. The fourth-order valence-electron chi connectivity index (χ4n) is 4.98. The Morgan fingerprint density at radius 3 is 1.95 bits per heavy atom. The maximum atomic E-state index is 14.1. The van der Waals surface area contributed by atoms with Crippen molar-refractivity contribution in [2.45, 2.75) is 12.5 Å². The van der Waals surface area contributed by atoms with E-state index < -0.39 is 11.9 Å². The molecule has 40 heavy (non-hydrogen) atoms. The van der Waals surface area contributed by atoms with Gasteiger partial charge in [-0.05, 0) is 35.4 Å². The molecule has 0 bridgehead atoms. The van der Waals surface area contributed by atoms with Crippen LogP contribution in [0.4, 0.5) is 5.69 Å². The van der Waals surface area contributed by atoms with Gasteiger partial charge in [0.1, 0.15) is 18.2 Å². The first-order valence-corrected chi connectivity index (χ1v) is 12.9. The third kappa shape index (κ3) is 5.69. The second-order valence-corrected chi connectivity index (χ2v) is 9.42. The van der Waals surface area contributed by atoms with E-state index in [0.29, 0.717) is 23.3 Å². The number of aromatic nitrogens is 1. The number of benzene rings is 4. The molecule has 0 spiro atoms. The van der Waals surface area contributed by atoms with E-state index in [-0.39, 0.29) is 18.0 Å². The number of nitriles is 1. The lowest BCUT2D eigenvalue weighted by Crippen LogP contribution is -2.36. The molecule has 0 radical (unpaired) electrons. The molecule has 0 unspecified atom stereocenters. The predicted molar refractivity (Wildman–Crippen MR) is 157 cm³/mol. The van der Waals surface area contributed by atoms with Crippen LogP contribution in [-0.2, 0) is 16.1 Å². The van der Waals surface area contributed by atoms with Crippen LogP contribution in [-0.4, -0.2) is 28.1 Å². The lowest BCUT2D eigenvalue weighted by atomic mass is 9.90. The molecule has 1 N–H and O–H groups in total. The van der Waals surface area contributed by atoms with Gasteiger partial charge in [0.2, 0.25) is 0 Å². The van der Waals surface area contributed by atoms with E-state index in [1.54, 1.807) is 21.7 Å². The molecule has 5 rings (SSSR count). The summed E-state index contributed by atoms with van der Waals surface area (Å²) < 4.78 is 1.61. The van der Waals surface area contributed by atoms with Crippen LogP contribution in [0.3, 0.4) is 0 Å². The Morgan fingerprint density at radius 1 is 0.825 bits per heavy atom. The Morgan fingerprint density at radius 2 is 1.38 bits per heavy atom. The van der Waals surface area contributed by atoms with Crippen molar-refractivity contribution in [1.29, 1.82) is 5.26 Å². The first-order chi connectivity index (χ1) is 19.5. The van der Waals surface area contributed by atoms with Crippen molar-refractivity contribution >= 4 is 34.5 Å². The van der Waals surface area contributed by atoms with Gasteiger partial charge in [0.15, 0.2) is 0 Å². The van der Waals surface area contributed by atoms with Gasteiger partial charge in [-0.15, -0.1) is 0 Å². The van der Waals surface area contributed by atoms with Crippen LogP contribution >= 0.6 is 0 Å². The van der Waals surface area contributed by atoms with Gasteiger partial charge in [-0.1, -0.05) is 97.1 Å². The van der Waals surface area contributed by atoms with Crippen LogP contribution in [0, 0.1) is 11.3 Å². The van der Waals surface area contributed by atoms with Gasteiger partial charge in [-0.25, -0.2) is 0 Å². The molecule has 1 amide bonds. The molecular formula is C34H27N3O3. The van der Waals surface area contributed by atoms with Crippen molar-refractivity contribution in [2.75, 3.05) is 11.4 Å². The number of nitrogens with zero attached hydrogens (tertiary/aromatic N) is 3. The van der Waals surface area contributed by atoms with E-state index in [4.69, 9.17) is 0 Å². The molecule has 6 heteroatoms. The number of para-hydroxylation sites is 2. The van der Waals surface area contributed by atoms with Gasteiger partial charge in [0.05, 0.1) is 0 Å². The lowest BCUT2D eigenvalue weighted by molar-refractivity contribution is -0.137. The number of aliphatic carboxylic acids is 1. The van der Waals surface area contributed by atoms with Crippen LogP contribution in [0.15, 0.2) is 127 Å². The molecule has 6 nitrogen and oxygen atoms in total. The number of hydrogen-bond acceptors (Lipinski definition) is 3. The third-order valence-electron chi connectivity index (χ3n) is 6.86. The van der Waals surface area contributed by atoms with Gasteiger partial charge in [-0.3, -0.25) is 9.59 Å². The van der Waals surface area contributed by atoms with Crippen molar-refractivity contribution in [2.24, 2.45) is 0 Å². The number of carbonyl (C=O) groups excluding carboxylic acids is 1. The summed E-state index contributed by atoms with van der Waals surface area (Å²) in [7, 11) is 0. The molecular weight excluding hydrogens is 498 g/mol. The summed E-state index contributed by atoms with van der Waals surface area (Å²) in [6, 6.07) is 38.8. The molecule has 5 aromatic rings. The zero-order valence-corrected chi connectivity index (χ0v) is 21.7. The molecule has 4 aromatic carbocycles. The van der Waals surface area contributed by atoms with Crippen molar-refractivity contribution in [3.05, 3.63) is 144 Å². The number of rotatable bonds is 9. The van der Waals surface area contributed by atoms with E-state index in [0.717, 1.165) is 16.5 Å². The van der Waals surface area contributed by atoms with Crippen molar-refractivity contribution in [1.82, 2.24) is 4.57 Å². The largest absolute Gasteiger partial charge is 0.480 e. The van der Waals surface area contributed by atoms with E-state index in [1.165, 1.54) is 0 Å².